The van der Waals surface area contributed by atoms with E-state index in [1.807, 2.05) is 0 Å². The molecule has 0 atom stereocenters. The van der Waals surface area contributed by atoms with Gasteiger partial charge in [-0.3, -0.25) is 4.79 Å². The molecule has 2 rings (SSSR count). The quantitative estimate of drug-likeness (QED) is 0.698. The number of carboxylic acid groups (broad SMARTS) is 1. The average Bonchev–Trinajstić information content (AvgIpc) is 2.46. The van der Waals surface area contributed by atoms with Crippen LogP contribution in [0.2, 0.25) is 0 Å². The Morgan fingerprint density at radius 2 is 1.80 bits per heavy atom. The second kappa shape index (κ2) is 7.98. The van der Waals surface area contributed by atoms with Gasteiger partial charge in [0.15, 0.2) is 0 Å². The molecule has 1 spiro atoms. The molecule has 2 fully saturated rings. The Balaban J connectivity index is 1.68. The number of carbonyl (C=O) groups is 1. The smallest absolute Gasteiger partial charge is 0.306 e. The average molecular weight is 317 g/mol. The predicted molar refractivity (Wildman–Crippen MR) is 89.5 cm³/mol. The van der Waals surface area contributed by atoms with E-state index in [4.69, 9.17) is 5.11 Å². The van der Waals surface area contributed by atoms with E-state index >= 15 is 0 Å². The SMILES string of the molecule is CCCCCCC1CSC2(CCC(C(=O)O)CC2)SC1. The van der Waals surface area contributed by atoms with Gasteiger partial charge < -0.3 is 5.11 Å². The Kier molecular flexibility index (Phi) is 6.60. The Morgan fingerprint density at radius 1 is 1.15 bits per heavy atom. The van der Waals surface area contributed by atoms with E-state index in [1.54, 1.807) is 0 Å². The van der Waals surface area contributed by atoms with Crippen molar-refractivity contribution >= 4 is 29.5 Å². The van der Waals surface area contributed by atoms with E-state index in [9.17, 15) is 4.79 Å². The zero-order valence-electron chi connectivity index (χ0n) is 12.6. The lowest BCUT2D eigenvalue weighted by atomic mass is 9.88. The molecule has 0 radical (unpaired) electrons. The van der Waals surface area contributed by atoms with Crippen molar-refractivity contribution in [3.8, 4) is 0 Å². The number of carboxylic acids is 1. The Labute approximate surface area is 131 Å². The molecular weight excluding hydrogens is 288 g/mol. The van der Waals surface area contributed by atoms with Gasteiger partial charge in [0.2, 0.25) is 0 Å². The van der Waals surface area contributed by atoms with Gasteiger partial charge in [-0.15, -0.1) is 23.5 Å². The van der Waals surface area contributed by atoms with E-state index in [2.05, 4.69) is 30.4 Å². The minimum absolute atomic E-state index is 0.0754. The molecule has 1 heterocycles. The third kappa shape index (κ3) is 4.59. The van der Waals surface area contributed by atoms with Crippen LogP contribution in [-0.2, 0) is 4.79 Å². The minimum Gasteiger partial charge on any atom is -0.481 e. The van der Waals surface area contributed by atoms with Crippen LogP contribution in [0.15, 0.2) is 0 Å². The zero-order chi connectivity index (χ0) is 14.4. The summed E-state index contributed by atoms with van der Waals surface area (Å²) in [5.74, 6) is 2.84. The van der Waals surface area contributed by atoms with E-state index < -0.39 is 5.97 Å². The molecule has 1 aliphatic heterocycles. The third-order valence-corrected chi connectivity index (χ3v) is 8.58. The number of hydrogen-bond donors (Lipinski definition) is 1. The van der Waals surface area contributed by atoms with Crippen molar-refractivity contribution in [3.05, 3.63) is 0 Å². The molecule has 4 heteroatoms. The summed E-state index contributed by atoms with van der Waals surface area (Å²) >= 11 is 4.28. The number of thioether (sulfide) groups is 2. The van der Waals surface area contributed by atoms with Crippen LogP contribution in [-0.4, -0.2) is 26.7 Å². The molecule has 1 saturated carbocycles. The van der Waals surface area contributed by atoms with Crippen LogP contribution in [0, 0.1) is 11.8 Å². The van der Waals surface area contributed by atoms with Crippen LogP contribution >= 0.6 is 23.5 Å². The first kappa shape index (κ1) is 16.5. The maximum Gasteiger partial charge on any atom is 0.306 e. The molecular formula is C16H28O2S2. The first-order valence-corrected chi connectivity index (χ1v) is 10.1. The van der Waals surface area contributed by atoms with E-state index in [-0.39, 0.29) is 5.92 Å². The van der Waals surface area contributed by atoms with Gasteiger partial charge in [0.1, 0.15) is 0 Å². The van der Waals surface area contributed by atoms with Gasteiger partial charge in [0.05, 0.1) is 10.00 Å². The largest absolute Gasteiger partial charge is 0.481 e. The highest BCUT2D eigenvalue weighted by Gasteiger charge is 2.41. The van der Waals surface area contributed by atoms with Gasteiger partial charge in [-0.2, -0.15) is 0 Å². The molecule has 0 aromatic heterocycles. The second-order valence-corrected chi connectivity index (χ2v) is 9.43. The summed E-state index contributed by atoms with van der Waals surface area (Å²) in [6.45, 7) is 2.27. The number of unbranched alkanes of at least 4 members (excludes halogenated alkanes) is 3. The molecule has 2 aliphatic rings. The molecule has 1 N–H and O–H groups in total. The highest BCUT2D eigenvalue weighted by Crippen LogP contribution is 2.54. The zero-order valence-corrected chi connectivity index (χ0v) is 14.2. The maximum absolute atomic E-state index is 11.0. The van der Waals surface area contributed by atoms with Crippen molar-refractivity contribution in [2.24, 2.45) is 11.8 Å². The number of hydrogen-bond acceptors (Lipinski definition) is 3. The first-order chi connectivity index (χ1) is 9.65. The van der Waals surface area contributed by atoms with Gasteiger partial charge in [-0.25, -0.2) is 0 Å². The molecule has 0 unspecified atom stereocenters. The lowest BCUT2D eigenvalue weighted by Gasteiger charge is -2.43. The van der Waals surface area contributed by atoms with Crippen LogP contribution in [0.1, 0.15) is 64.7 Å². The lowest BCUT2D eigenvalue weighted by Crippen LogP contribution is -2.35. The summed E-state index contributed by atoms with van der Waals surface area (Å²) in [7, 11) is 0. The lowest BCUT2D eigenvalue weighted by molar-refractivity contribution is -0.142. The van der Waals surface area contributed by atoms with Crippen molar-refractivity contribution in [2.45, 2.75) is 68.8 Å². The highest BCUT2D eigenvalue weighted by molar-refractivity contribution is 8.18. The van der Waals surface area contributed by atoms with E-state index in [0.29, 0.717) is 4.08 Å². The Hall–Kier alpha value is 0.170. The summed E-state index contributed by atoms with van der Waals surface area (Å²) in [6, 6.07) is 0. The molecule has 116 valence electrons. The summed E-state index contributed by atoms with van der Waals surface area (Å²) in [6.07, 6.45) is 10.9. The summed E-state index contributed by atoms with van der Waals surface area (Å²) in [5, 5.41) is 9.09. The van der Waals surface area contributed by atoms with Crippen molar-refractivity contribution in [1.82, 2.24) is 0 Å². The topological polar surface area (TPSA) is 37.3 Å². The van der Waals surface area contributed by atoms with Crippen molar-refractivity contribution in [2.75, 3.05) is 11.5 Å². The third-order valence-electron chi connectivity index (χ3n) is 4.73. The molecule has 2 nitrogen and oxygen atoms in total. The fourth-order valence-electron chi connectivity index (χ4n) is 3.25. The first-order valence-electron chi connectivity index (χ1n) is 8.16. The van der Waals surface area contributed by atoms with Crippen LogP contribution in [0.25, 0.3) is 0 Å². The van der Waals surface area contributed by atoms with E-state index in [0.717, 1.165) is 31.6 Å². The molecule has 0 bridgehead atoms. The van der Waals surface area contributed by atoms with Crippen LogP contribution in [0.3, 0.4) is 0 Å². The van der Waals surface area contributed by atoms with Crippen molar-refractivity contribution in [3.63, 3.8) is 0 Å². The van der Waals surface area contributed by atoms with Gasteiger partial charge >= 0.3 is 5.97 Å². The van der Waals surface area contributed by atoms with Gasteiger partial charge in [0.25, 0.3) is 0 Å². The normalized spacial score (nSPS) is 34.2. The Morgan fingerprint density at radius 3 is 2.35 bits per heavy atom. The fraction of sp³-hybridized carbons (Fsp3) is 0.938. The standard InChI is InChI=1S/C16H28O2S2/c1-2-3-4-5-6-13-11-19-16(20-12-13)9-7-14(8-10-16)15(17)18/h13-14H,2-12H2,1H3,(H,17,18). The predicted octanol–water partition coefficient (Wildman–Crippen LogP) is 5.02. The molecule has 20 heavy (non-hydrogen) atoms. The number of rotatable bonds is 6. The van der Waals surface area contributed by atoms with Crippen molar-refractivity contribution < 1.29 is 9.90 Å². The monoisotopic (exact) mass is 316 g/mol. The molecule has 1 saturated heterocycles. The van der Waals surface area contributed by atoms with Gasteiger partial charge in [-0.05, 0) is 49.5 Å². The fourth-order valence-corrected chi connectivity index (χ4v) is 6.84. The molecule has 0 amide bonds. The Bertz CT molecular complexity index is 302. The van der Waals surface area contributed by atoms with E-state index in [1.165, 1.54) is 43.6 Å². The van der Waals surface area contributed by atoms with Crippen molar-refractivity contribution in [1.29, 1.82) is 0 Å². The minimum atomic E-state index is -0.584. The molecule has 1 aliphatic carbocycles. The highest BCUT2D eigenvalue weighted by atomic mass is 32.2. The summed E-state index contributed by atoms with van der Waals surface area (Å²) < 4.78 is 0.367. The van der Waals surface area contributed by atoms with Crippen LogP contribution in [0.4, 0.5) is 0 Å². The summed E-state index contributed by atoms with van der Waals surface area (Å²) in [4.78, 5) is 11.0. The summed E-state index contributed by atoms with van der Waals surface area (Å²) in [5.41, 5.74) is 0. The maximum atomic E-state index is 11.0. The van der Waals surface area contributed by atoms with Crippen LogP contribution in [0.5, 0.6) is 0 Å². The van der Waals surface area contributed by atoms with Gasteiger partial charge in [0, 0.05) is 0 Å². The molecule has 0 aromatic carbocycles. The van der Waals surface area contributed by atoms with Gasteiger partial charge in [-0.1, -0.05) is 32.6 Å². The second-order valence-electron chi connectivity index (χ2n) is 6.36. The number of aliphatic carboxylic acids is 1. The molecule has 0 aromatic rings. The van der Waals surface area contributed by atoms with Crippen LogP contribution < -0.4 is 0 Å².